The Morgan fingerprint density at radius 3 is 2.37 bits per heavy atom. The lowest BCUT2D eigenvalue weighted by Crippen LogP contribution is -2.48. The van der Waals surface area contributed by atoms with Gasteiger partial charge in [-0.15, -0.1) is 10.2 Å². The van der Waals surface area contributed by atoms with Gasteiger partial charge in [0.2, 0.25) is 11.8 Å². The fourth-order valence-corrected chi connectivity index (χ4v) is 2.73. The quantitative estimate of drug-likeness (QED) is 0.449. The smallest absolute Gasteiger partial charge is 0.269 e. The molecule has 1 saturated heterocycles. The number of hydrogen-bond acceptors (Lipinski definition) is 7. The number of nitro groups is 1. The standard InChI is InChI=1S/C18H19N5O4/c1-27-17-8-7-16(19-20-17)21-10-12-22(13-11-21)18(24)9-4-14-2-5-15(6-3-14)23(25)26/h2-9H,10-13H2,1H3/b9-4+. The molecule has 1 aliphatic rings. The maximum Gasteiger partial charge on any atom is 0.269 e. The number of non-ortho nitro benzene ring substituents is 1. The summed E-state index contributed by atoms with van der Waals surface area (Å²) in [6.45, 7) is 2.49. The van der Waals surface area contributed by atoms with E-state index in [4.69, 9.17) is 4.74 Å². The Labute approximate surface area is 156 Å². The van der Waals surface area contributed by atoms with Crippen molar-refractivity contribution in [2.75, 3.05) is 38.2 Å². The zero-order valence-electron chi connectivity index (χ0n) is 14.8. The first kappa shape index (κ1) is 18.3. The van der Waals surface area contributed by atoms with Crippen molar-refractivity contribution in [2.45, 2.75) is 0 Å². The Morgan fingerprint density at radius 1 is 1.11 bits per heavy atom. The minimum Gasteiger partial charge on any atom is -0.480 e. The normalized spacial score (nSPS) is 14.4. The van der Waals surface area contributed by atoms with Crippen LogP contribution in [0.3, 0.4) is 0 Å². The maximum atomic E-state index is 12.3. The number of rotatable bonds is 5. The lowest BCUT2D eigenvalue weighted by molar-refractivity contribution is -0.384. The SMILES string of the molecule is COc1ccc(N2CCN(C(=O)/C=C/c3ccc([N+](=O)[O-])cc3)CC2)nn1. The van der Waals surface area contributed by atoms with E-state index in [0.717, 1.165) is 11.4 Å². The maximum absolute atomic E-state index is 12.3. The molecule has 1 aromatic carbocycles. The highest BCUT2D eigenvalue weighted by Crippen LogP contribution is 2.16. The summed E-state index contributed by atoms with van der Waals surface area (Å²) in [5.41, 5.74) is 0.761. The van der Waals surface area contributed by atoms with Crippen molar-refractivity contribution in [3.63, 3.8) is 0 Å². The van der Waals surface area contributed by atoms with Crippen molar-refractivity contribution in [1.82, 2.24) is 15.1 Å². The van der Waals surface area contributed by atoms with Gasteiger partial charge in [-0.05, 0) is 29.8 Å². The molecule has 0 saturated carbocycles. The Morgan fingerprint density at radius 2 is 1.81 bits per heavy atom. The van der Waals surface area contributed by atoms with Crippen molar-refractivity contribution in [2.24, 2.45) is 0 Å². The number of nitro benzene ring substituents is 1. The number of carbonyl (C=O) groups excluding carboxylic acids is 1. The van der Waals surface area contributed by atoms with E-state index in [1.54, 1.807) is 29.2 Å². The van der Waals surface area contributed by atoms with Crippen LogP contribution in [0.15, 0.2) is 42.5 Å². The van der Waals surface area contributed by atoms with Gasteiger partial charge in [0, 0.05) is 50.5 Å². The molecule has 9 nitrogen and oxygen atoms in total. The van der Waals surface area contributed by atoms with E-state index >= 15 is 0 Å². The van der Waals surface area contributed by atoms with Gasteiger partial charge in [-0.25, -0.2) is 0 Å². The highest BCUT2D eigenvalue weighted by molar-refractivity contribution is 5.92. The topological polar surface area (TPSA) is 102 Å². The summed E-state index contributed by atoms with van der Waals surface area (Å²) in [4.78, 5) is 26.4. The fourth-order valence-electron chi connectivity index (χ4n) is 2.73. The molecule has 0 N–H and O–H groups in total. The van der Waals surface area contributed by atoms with Crippen LogP contribution in [0.1, 0.15) is 5.56 Å². The Bertz CT molecular complexity index is 828. The van der Waals surface area contributed by atoms with Crippen LogP contribution in [-0.2, 0) is 4.79 Å². The molecule has 0 spiro atoms. The van der Waals surface area contributed by atoms with Crippen LogP contribution in [0.2, 0.25) is 0 Å². The summed E-state index contributed by atoms with van der Waals surface area (Å²) >= 11 is 0. The second-order valence-corrected chi connectivity index (χ2v) is 5.93. The third kappa shape index (κ3) is 4.57. The minimum absolute atomic E-state index is 0.0243. The summed E-state index contributed by atoms with van der Waals surface area (Å²) in [5.74, 6) is 1.13. The Hall–Kier alpha value is -3.49. The number of carbonyl (C=O) groups is 1. The molecule has 2 aromatic rings. The zero-order valence-corrected chi connectivity index (χ0v) is 14.8. The number of amides is 1. The van der Waals surface area contributed by atoms with Crippen molar-refractivity contribution in [3.8, 4) is 5.88 Å². The molecule has 2 heterocycles. The van der Waals surface area contributed by atoms with Crippen LogP contribution in [-0.4, -0.2) is 59.2 Å². The number of ether oxygens (including phenoxy) is 1. The van der Waals surface area contributed by atoms with Crippen LogP contribution in [0, 0.1) is 10.1 Å². The first-order chi connectivity index (χ1) is 13.1. The van der Waals surface area contributed by atoms with E-state index in [9.17, 15) is 14.9 Å². The molecule has 0 unspecified atom stereocenters. The molecule has 0 aliphatic carbocycles. The molecule has 1 fully saturated rings. The lowest BCUT2D eigenvalue weighted by Gasteiger charge is -2.34. The van der Waals surface area contributed by atoms with Gasteiger partial charge in [0.25, 0.3) is 5.69 Å². The first-order valence-electron chi connectivity index (χ1n) is 8.41. The van der Waals surface area contributed by atoms with Crippen molar-refractivity contribution in [1.29, 1.82) is 0 Å². The molecule has 0 radical (unpaired) electrons. The minimum atomic E-state index is -0.453. The summed E-state index contributed by atoms with van der Waals surface area (Å²) in [5, 5.41) is 18.7. The van der Waals surface area contributed by atoms with Gasteiger partial charge in [-0.1, -0.05) is 0 Å². The average Bonchev–Trinajstić information content (AvgIpc) is 2.72. The third-order valence-electron chi connectivity index (χ3n) is 4.27. The van der Waals surface area contributed by atoms with Crippen LogP contribution in [0.25, 0.3) is 6.08 Å². The van der Waals surface area contributed by atoms with Gasteiger partial charge in [0.1, 0.15) is 0 Å². The number of benzene rings is 1. The molecule has 1 amide bonds. The number of aromatic nitrogens is 2. The van der Waals surface area contributed by atoms with E-state index in [2.05, 4.69) is 15.1 Å². The lowest BCUT2D eigenvalue weighted by atomic mass is 10.2. The number of anilines is 1. The van der Waals surface area contributed by atoms with E-state index < -0.39 is 4.92 Å². The summed E-state index contributed by atoms with van der Waals surface area (Å²) in [7, 11) is 1.54. The van der Waals surface area contributed by atoms with E-state index in [0.29, 0.717) is 32.1 Å². The van der Waals surface area contributed by atoms with E-state index in [1.165, 1.54) is 25.3 Å². The molecule has 0 atom stereocenters. The van der Waals surface area contributed by atoms with Gasteiger partial charge in [0.15, 0.2) is 5.82 Å². The molecule has 3 rings (SSSR count). The predicted molar refractivity (Wildman–Crippen MR) is 99.5 cm³/mol. The van der Waals surface area contributed by atoms with Crippen LogP contribution in [0.5, 0.6) is 5.88 Å². The average molecular weight is 369 g/mol. The molecule has 27 heavy (non-hydrogen) atoms. The molecule has 0 bridgehead atoms. The largest absolute Gasteiger partial charge is 0.480 e. The Balaban J connectivity index is 1.53. The summed E-state index contributed by atoms with van der Waals surface area (Å²) < 4.78 is 5.00. The van der Waals surface area contributed by atoms with Crippen molar-refractivity contribution < 1.29 is 14.5 Å². The molecule has 9 heteroatoms. The fraction of sp³-hybridized carbons (Fsp3) is 0.278. The zero-order chi connectivity index (χ0) is 19.2. The van der Waals surface area contributed by atoms with E-state index in [-0.39, 0.29) is 11.6 Å². The van der Waals surface area contributed by atoms with Crippen molar-refractivity contribution >= 4 is 23.5 Å². The molecule has 1 aromatic heterocycles. The van der Waals surface area contributed by atoms with E-state index in [1.807, 2.05) is 6.07 Å². The monoisotopic (exact) mass is 369 g/mol. The highest BCUT2D eigenvalue weighted by Gasteiger charge is 2.20. The van der Waals surface area contributed by atoms with Gasteiger partial charge in [-0.3, -0.25) is 14.9 Å². The second kappa shape index (κ2) is 8.26. The van der Waals surface area contributed by atoms with Gasteiger partial charge < -0.3 is 14.5 Å². The first-order valence-corrected chi connectivity index (χ1v) is 8.41. The van der Waals surface area contributed by atoms with Crippen LogP contribution in [0.4, 0.5) is 11.5 Å². The number of hydrogen-bond donors (Lipinski definition) is 0. The summed E-state index contributed by atoms with van der Waals surface area (Å²) in [6, 6.07) is 9.66. The molecular weight excluding hydrogens is 350 g/mol. The number of nitrogens with zero attached hydrogens (tertiary/aromatic N) is 5. The summed E-state index contributed by atoms with van der Waals surface area (Å²) in [6.07, 6.45) is 3.15. The highest BCUT2D eigenvalue weighted by atomic mass is 16.6. The van der Waals surface area contributed by atoms with Gasteiger partial charge in [-0.2, -0.15) is 0 Å². The van der Waals surface area contributed by atoms with Crippen LogP contribution >= 0.6 is 0 Å². The molecule has 1 aliphatic heterocycles. The van der Waals surface area contributed by atoms with Gasteiger partial charge in [0.05, 0.1) is 12.0 Å². The number of methoxy groups -OCH3 is 1. The molecular formula is C18H19N5O4. The Kier molecular flexibility index (Phi) is 5.60. The third-order valence-corrected chi connectivity index (χ3v) is 4.27. The number of piperazine rings is 1. The molecule has 140 valence electrons. The van der Waals surface area contributed by atoms with Crippen molar-refractivity contribution in [3.05, 3.63) is 58.2 Å². The van der Waals surface area contributed by atoms with Crippen LogP contribution < -0.4 is 9.64 Å². The second-order valence-electron chi connectivity index (χ2n) is 5.93. The predicted octanol–water partition coefficient (Wildman–Crippen LogP) is 1.76. The van der Waals surface area contributed by atoms with Gasteiger partial charge >= 0.3 is 0 Å².